The van der Waals surface area contributed by atoms with Gasteiger partial charge < -0.3 is 10.2 Å². The lowest BCUT2D eigenvalue weighted by atomic mass is 9.83. The first-order chi connectivity index (χ1) is 7.67. The van der Waals surface area contributed by atoms with E-state index in [1.54, 1.807) is 0 Å². The van der Waals surface area contributed by atoms with E-state index in [1.807, 2.05) is 11.9 Å². The van der Waals surface area contributed by atoms with E-state index in [9.17, 15) is 4.79 Å². The Kier molecular flexibility index (Phi) is 3.53. The van der Waals surface area contributed by atoms with Gasteiger partial charge in [-0.3, -0.25) is 4.79 Å². The Labute approximate surface area is 98.6 Å². The van der Waals surface area contributed by atoms with E-state index in [2.05, 4.69) is 12.2 Å². The van der Waals surface area contributed by atoms with E-state index in [1.165, 1.54) is 32.1 Å². The van der Waals surface area contributed by atoms with E-state index < -0.39 is 0 Å². The Bertz CT molecular complexity index is 259. The van der Waals surface area contributed by atoms with Crippen molar-refractivity contribution >= 4 is 5.91 Å². The van der Waals surface area contributed by atoms with Crippen LogP contribution in [0.3, 0.4) is 0 Å². The monoisotopic (exact) mass is 224 g/mol. The van der Waals surface area contributed by atoms with Crippen molar-refractivity contribution in [2.24, 2.45) is 5.41 Å². The summed E-state index contributed by atoms with van der Waals surface area (Å²) in [5, 5.41) is 3.50. The molecule has 2 rings (SSSR count). The Balaban J connectivity index is 1.84. The van der Waals surface area contributed by atoms with Gasteiger partial charge >= 0.3 is 0 Å². The fraction of sp³-hybridized carbons (Fsp3) is 0.923. The second kappa shape index (κ2) is 4.74. The van der Waals surface area contributed by atoms with Crippen LogP contribution < -0.4 is 5.32 Å². The van der Waals surface area contributed by atoms with Crippen LogP contribution in [0.15, 0.2) is 0 Å². The van der Waals surface area contributed by atoms with Gasteiger partial charge in [0.25, 0.3) is 0 Å². The quantitative estimate of drug-likeness (QED) is 0.789. The van der Waals surface area contributed by atoms with E-state index in [0.717, 1.165) is 19.5 Å². The van der Waals surface area contributed by atoms with Crippen molar-refractivity contribution in [3.8, 4) is 0 Å². The molecule has 1 saturated heterocycles. The molecule has 1 atom stereocenters. The molecule has 1 heterocycles. The standard InChI is InChI=1S/C13H24N2O/c1-3-13(7-4-5-8-13)10-14-11-6-9-15(2)12(11)16/h11,14H,3-10H2,1-2H3. The average Bonchev–Trinajstić information content (AvgIpc) is 2.87. The molecule has 16 heavy (non-hydrogen) atoms. The molecule has 1 unspecified atom stereocenters. The van der Waals surface area contributed by atoms with Crippen LogP contribution in [0, 0.1) is 5.41 Å². The molecule has 1 saturated carbocycles. The van der Waals surface area contributed by atoms with Crippen molar-refractivity contribution < 1.29 is 4.79 Å². The molecule has 92 valence electrons. The highest BCUT2D eigenvalue weighted by Gasteiger charge is 2.35. The van der Waals surface area contributed by atoms with Gasteiger partial charge in [-0.05, 0) is 31.1 Å². The number of carbonyl (C=O) groups is 1. The molecule has 0 spiro atoms. The van der Waals surface area contributed by atoms with Crippen molar-refractivity contribution in [2.45, 2.75) is 51.5 Å². The first kappa shape index (κ1) is 11.9. The van der Waals surface area contributed by atoms with Gasteiger partial charge in [-0.15, -0.1) is 0 Å². The molecule has 1 N–H and O–H groups in total. The van der Waals surface area contributed by atoms with E-state index in [0.29, 0.717) is 5.41 Å². The second-order valence-corrected chi connectivity index (χ2v) is 5.54. The summed E-state index contributed by atoms with van der Waals surface area (Å²) in [7, 11) is 1.90. The molecule has 3 heteroatoms. The summed E-state index contributed by atoms with van der Waals surface area (Å²) in [6, 6.07) is 0.0917. The van der Waals surface area contributed by atoms with Crippen LogP contribution in [0.1, 0.15) is 45.4 Å². The molecule has 2 aliphatic rings. The predicted octanol–water partition coefficient (Wildman–Crippen LogP) is 1.78. The molecule has 0 aromatic carbocycles. The van der Waals surface area contributed by atoms with Crippen LogP contribution in [0.25, 0.3) is 0 Å². The summed E-state index contributed by atoms with van der Waals surface area (Å²) in [4.78, 5) is 13.6. The van der Waals surface area contributed by atoms with Crippen molar-refractivity contribution in [2.75, 3.05) is 20.1 Å². The molecule has 1 aliphatic heterocycles. The van der Waals surface area contributed by atoms with Gasteiger partial charge in [0.05, 0.1) is 6.04 Å². The molecule has 1 amide bonds. The number of hydrogen-bond donors (Lipinski definition) is 1. The summed E-state index contributed by atoms with van der Waals surface area (Å²) in [5.41, 5.74) is 0.488. The number of hydrogen-bond acceptors (Lipinski definition) is 2. The minimum atomic E-state index is 0.0917. The van der Waals surface area contributed by atoms with Crippen LogP contribution >= 0.6 is 0 Å². The third kappa shape index (κ3) is 2.24. The van der Waals surface area contributed by atoms with Crippen LogP contribution in [0.4, 0.5) is 0 Å². The van der Waals surface area contributed by atoms with Gasteiger partial charge in [-0.25, -0.2) is 0 Å². The lowest BCUT2D eigenvalue weighted by Gasteiger charge is -2.29. The SMILES string of the molecule is CCC1(CNC2CCN(C)C2=O)CCCC1. The minimum absolute atomic E-state index is 0.0917. The zero-order valence-electron chi connectivity index (χ0n) is 10.6. The summed E-state index contributed by atoms with van der Waals surface area (Å²) >= 11 is 0. The molecule has 2 fully saturated rings. The molecule has 3 nitrogen and oxygen atoms in total. The number of nitrogens with one attached hydrogen (secondary N) is 1. The van der Waals surface area contributed by atoms with Gasteiger partial charge in [0.2, 0.25) is 5.91 Å². The Morgan fingerprint density at radius 1 is 1.44 bits per heavy atom. The first-order valence-electron chi connectivity index (χ1n) is 6.65. The van der Waals surface area contributed by atoms with Crippen molar-refractivity contribution in [1.82, 2.24) is 10.2 Å². The first-order valence-corrected chi connectivity index (χ1v) is 6.65. The Morgan fingerprint density at radius 3 is 2.62 bits per heavy atom. The zero-order chi connectivity index (χ0) is 11.6. The highest BCUT2D eigenvalue weighted by Crippen LogP contribution is 2.40. The van der Waals surface area contributed by atoms with Crippen LogP contribution in [-0.2, 0) is 4.79 Å². The Hall–Kier alpha value is -0.570. The summed E-state index contributed by atoms with van der Waals surface area (Å²) in [5.74, 6) is 0.282. The molecule has 0 bridgehead atoms. The van der Waals surface area contributed by atoms with Crippen molar-refractivity contribution in [3.05, 3.63) is 0 Å². The Morgan fingerprint density at radius 2 is 2.12 bits per heavy atom. The fourth-order valence-corrected chi connectivity index (χ4v) is 3.13. The van der Waals surface area contributed by atoms with Crippen LogP contribution in [0.5, 0.6) is 0 Å². The number of carbonyl (C=O) groups excluding carboxylic acids is 1. The molecule has 0 radical (unpaired) electrons. The average molecular weight is 224 g/mol. The second-order valence-electron chi connectivity index (χ2n) is 5.54. The zero-order valence-corrected chi connectivity index (χ0v) is 10.6. The molecule has 0 aromatic heterocycles. The highest BCUT2D eigenvalue weighted by atomic mass is 16.2. The maximum Gasteiger partial charge on any atom is 0.239 e. The van der Waals surface area contributed by atoms with Crippen molar-refractivity contribution in [1.29, 1.82) is 0 Å². The summed E-state index contributed by atoms with van der Waals surface area (Å²) in [6.45, 7) is 4.24. The third-order valence-electron chi connectivity index (χ3n) is 4.57. The number of rotatable bonds is 4. The van der Waals surface area contributed by atoms with Crippen LogP contribution in [-0.4, -0.2) is 37.0 Å². The molecular weight excluding hydrogens is 200 g/mol. The van der Waals surface area contributed by atoms with E-state index >= 15 is 0 Å². The molecular formula is C13H24N2O. The number of nitrogens with zero attached hydrogens (tertiary/aromatic N) is 1. The lowest BCUT2D eigenvalue weighted by molar-refractivity contribution is -0.128. The van der Waals surface area contributed by atoms with E-state index in [4.69, 9.17) is 0 Å². The topological polar surface area (TPSA) is 32.3 Å². The van der Waals surface area contributed by atoms with Crippen molar-refractivity contribution in [3.63, 3.8) is 0 Å². The van der Waals surface area contributed by atoms with Gasteiger partial charge in [0, 0.05) is 20.1 Å². The predicted molar refractivity (Wildman–Crippen MR) is 65.2 cm³/mol. The fourth-order valence-electron chi connectivity index (χ4n) is 3.13. The maximum atomic E-state index is 11.8. The summed E-state index contributed by atoms with van der Waals surface area (Å²) < 4.78 is 0. The van der Waals surface area contributed by atoms with Crippen LogP contribution in [0.2, 0.25) is 0 Å². The van der Waals surface area contributed by atoms with Gasteiger partial charge in [-0.2, -0.15) is 0 Å². The third-order valence-corrected chi connectivity index (χ3v) is 4.57. The number of amides is 1. The summed E-state index contributed by atoms with van der Waals surface area (Å²) in [6.07, 6.45) is 7.65. The van der Waals surface area contributed by atoms with E-state index in [-0.39, 0.29) is 11.9 Å². The van der Waals surface area contributed by atoms with Gasteiger partial charge in [-0.1, -0.05) is 19.8 Å². The highest BCUT2D eigenvalue weighted by molar-refractivity contribution is 5.83. The minimum Gasteiger partial charge on any atom is -0.344 e. The number of likely N-dealkylation sites (N-methyl/N-ethyl adjacent to an activating group) is 1. The van der Waals surface area contributed by atoms with Gasteiger partial charge in [0.1, 0.15) is 0 Å². The largest absolute Gasteiger partial charge is 0.344 e. The maximum absolute atomic E-state index is 11.8. The lowest BCUT2D eigenvalue weighted by Crippen LogP contribution is -2.42. The van der Waals surface area contributed by atoms with Gasteiger partial charge in [0.15, 0.2) is 0 Å². The smallest absolute Gasteiger partial charge is 0.239 e. The normalized spacial score (nSPS) is 29.0. The molecule has 0 aromatic rings. The number of likely N-dealkylation sites (tertiary alicyclic amines) is 1. The molecule has 1 aliphatic carbocycles.